The highest BCUT2D eigenvalue weighted by atomic mass is 19.1. The lowest BCUT2D eigenvalue weighted by Crippen LogP contribution is -2.43. The van der Waals surface area contributed by atoms with Gasteiger partial charge in [0.05, 0.1) is 12.0 Å². The van der Waals surface area contributed by atoms with E-state index in [0.29, 0.717) is 18.2 Å². The molecule has 0 saturated heterocycles. The van der Waals surface area contributed by atoms with E-state index in [4.69, 9.17) is 0 Å². The molecule has 4 rings (SSSR count). The highest BCUT2D eigenvalue weighted by Gasteiger charge is 2.45. The summed E-state index contributed by atoms with van der Waals surface area (Å²) in [5.41, 5.74) is 0.0758. The average molecular weight is 315 g/mol. The molecule has 3 saturated carbocycles. The SMILES string of the molecule is O=C(CN(CC1CC1)C1CC1)C1(c2ccccc2F)CCCC1. The number of hydrogen-bond donors (Lipinski definition) is 0. The van der Waals surface area contributed by atoms with E-state index in [0.717, 1.165) is 38.1 Å². The molecule has 0 bridgehead atoms. The van der Waals surface area contributed by atoms with E-state index in [-0.39, 0.29) is 11.6 Å². The van der Waals surface area contributed by atoms with E-state index in [9.17, 15) is 9.18 Å². The molecule has 0 aliphatic heterocycles. The van der Waals surface area contributed by atoms with Gasteiger partial charge in [-0.25, -0.2) is 4.39 Å². The van der Waals surface area contributed by atoms with Crippen molar-refractivity contribution in [3.05, 3.63) is 35.6 Å². The number of hydrogen-bond acceptors (Lipinski definition) is 2. The standard InChI is InChI=1S/C20H26FNO/c21-18-6-2-1-5-17(18)20(11-3-4-12-20)19(23)14-22(16-9-10-16)13-15-7-8-15/h1-2,5-6,15-16H,3-4,7-14H2. The molecule has 23 heavy (non-hydrogen) atoms. The summed E-state index contributed by atoms with van der Waals surface area (Å²) in [7, 11) is 0. The number of carbonyl (C=O) groups is 1. The number of benzene rings is 1. The van der Waals surface area contributed by atoms with Crippen LogP contribution in [0.5, 0.6) is 0 Å². The lowest BCUT2D eigenvalue weighted by atomic mass is 9.74. The van der Waals surface area contributed by atoms with Crippen LogP contribution >= 0.6 is 0 Å². The predicted molar refractivity (Wildman–Crippen MR) is 88.9 cm³/mol. The minimum absolute atomic E-state index is 0.206. The van der Waals surface area contributed by atoms with Crippen LogP contribution in [0.4, 0.5) is 4.39 Å². The van der Waals surface area contributed by atoms with Crippen LogP contribution in [0.25, 0.3) is 0 Å². The summed E-state index contributed by atoms with van der Waals surface area (Å²) in [6.45, 7) is 1.60. The zero-order valence-electron chi connectivity index (χ0n) is 13.8. The summed E-state index contributed by atoms with van der Waals surface area (Å²) in [5, 5.41) is 0. The number of Topliss-reactive ketones (excluding diaryl/α,β-unsaturated/α-hetero) is 1. The van der Waals surface area contributed by atoms with Crippen molar-refractivity contribution >= 4 is 5.78 Å². The molecule has 124 valence electrons. The van der Waals surface area contributed by atoms with Crippen LogP contribution in [0.3, 0.4) is 0 Å². The maximum atomic E-state index is 14.4. The van der Waals surface area contributed by atoms with Crippen molar-refractivity contribution in [1.82, 2.24) is 4.90 Å². The molecule has 0 N–H and O–H groups in total. The summed E-state index contributed by atoms with van der Waals surface area (Å²) < 4.78 is 14.4. The number of ketones is 1. The van der Waals surface area contributed by atoms with Crippen molar-refractivity contribution in [3.63, 3.8) is 0 Å². The van der Waals surface area contributed by atoms with Gasteiger partial charge in [0.15, 0.2) is 5.78 Å². The molecule has 0 unspecified atom stereocenters. The predicted octanol–water partition coefficient (Wildman–Crippen LogP) is 4.08. The lowest BCUT2D eigenvalue weighted by molar-refractivity contribution is -0.126. The smallest absolute Gasteiger partial charge is 0.157 e. The van der Waals surface area contributed by atoms with Crippen molar-refractivity contribution in [2.45, 2.75) is 62.8 Å². The molecule has 1 aromatic carbocycles. The Bertz CT molecular complexity index is 585. The monoisotopic (exact) mass is 315 g/mol. The Hall–Kier alpha value is -1.22. The summed E-state index contributed by atoms with van der Waals surface area (Å²) in [6.07, 6.45) is 8.78. The molecule has 3 aliphatic carbocycles. The Labute approximate surface area is 138 Å². The maximum absolute atomic E-state index is 14.4. The van der Waals surface area contributed by atoms with Crippen molar-refractivity contribution < 1.29 is 9.18 Å². The molecule has 1 aromatic rings. The summed E-state index contributed by atoms with van der Waals surface area (Å²) >= 11 is 0. The van der Waals surface area contributed by atoms with Gasteiger partial charge in [-0.05, 0) is 50.5 Å². The largest absolute Gasteiger partial charge is 0.297 e. The van der Waals surface area contributed by atoms with E-state index in [2.05, 4.69) is 4.90 Å². The van der Waals surface area contributed by atoms with Crippen molar-refractivity contribution in [2.24, 2.45) is 5.92 Å². The highest BCUT2D eigenvalue weighted by Crippen LogP contribution is 2.44. The van der Waals surface area contributed by atoms with Crippen molar-refractivity contribution in [1.29, 1.82) is 0 Å². The minimum Gasteiger partial charge on any atom is -0.297 e. The maximum Gasteiger partial charge on any atom is 0.157 e. The number of carbonyl (C=O) groups excluding carboxylic acids is 1. The molecule has 0 atom stereocenters. The lowest BCUT2D eigenvalue weighted by Gasteiger charge is -2.32. The van der Waals surface area contributed by atoms with Gasteiger partial charge in [0, 0.05) is 18.2 Å². The third kappa shape index (κ3) is 3.08. The second-order valence-electron chi connectivity index (χ2n) is 7.80. The van der Waals surface area contributed by atoms with Crippen LogP contribution in [-0.2, 0) is 10.2 Å². The Morgan fingerprint density at radius 1 is 1.13 bits per heavy atom. The molecular formula is C20H26FNO. The van der Waals surface area contributed by atoms with Gasteiger partial charge in [-0.1, -0.05) is 31.0 Å². The first-order valence-corrected chi connectivity index (χ1v) is 9.21. The second kappa shape index (κ2) is 6.01. The third-order valence-electron chi connectivity index (χ3n) is 5.98. The van der Waals surface area contributed by atoms with Gasteiger partial charge >= 0.3 is 0 Å². The van der Waals surface area contributed by atoms with Gasteiger partial charge in [0.1, 0.15) is 5.82 Å². The normalized spacial score (nSPS) is 23.4. The van der Waals surface area contributed by atoms with Gasteiger partial charge in [-0.2, -0.15) is 0 Å². The Kier molecular flexibility index (Phi) is 4.00. The van der Waals surface area contributed by atoms with Gasteiger partial charge in [-0.3, -0.25) is 9.69 Å². The Morgan fingerprint density at radius 3 is 2.43 bits per heavy atom. The molecule has 2 nitrogen and oxygen atoms in total. The molecule has 0 heterocycles. The van der Waals surface area contributed by atoms with Crippen molar-refractivity contribution in [2.75, 3.05) is 13.1 Å². The van der Waals surface area contributed by atoms with E-state index < -0.39 is 5.41 Å². The molecule has 3 aliphatic rings. The number of halogens is 1. The number of rotatable bonds is 7. The fourth-order valence-electron chi connectivity index (χ4n) is 4.28. The highest BCUT2D eigenvalue weighted by molar-refractivity contribution is 5.92. The summed E-state index contributed by atoms with van der Waals surface area (Å²) in [4.78, 5) is 15.7. The Balaban J connectivity index is 1.56. The molecular weight excluding hydrogens is 289 g/mol. The minimum atomic E-state index is -0.567. The molecule has 3 heteroatoms. The van der Waals surface area contributed by atoms with Crippen molar-refractivity contribution in [3.8, 4) is 0 Å². The first-order chi connectivity index (χ1) is 11.2. The first kappa shape index (κ1) is 15.3. The molecule has 0 spiro atoms. The fourth-order valence-corrected chi connectivity index (χ4v) is 4.28. The fraction of sp³-hybridized carbons (Fsp3) is 0.650. The van der Waals surface area contributed by atoms with Crippen LogP contribution < -0.4 is 0 Å². The van der Waals surface area contributed by atoms with E-state index in [1.54, 1.807) is 6.07 Å². The van der Waals surface area contributed by atoms with Gasteiger partial charge in [-0.15, -0.1) is 0 Å². The first-order valence-electron chi connectivity index (χ1n) is 9.21. The summed E-state index contributed by atoms with van der Waals surface area (Å²) in [5.74, 6) is 0.854. The van der Waals surface area contributed by atoms with E-state index >= 15 is 0 Å². The van der Waals surface area contributed by atoms with Crippen LogP contribution in [0.15, 0.2) is 24.3 Å². The average Bonchev–Trinajstić information content (AvgIpc) is 3.47. The molecule has 0 amide bonds. The Morgan fingerprint density at radius 2 is 1.83 bits per heavy atom. The summed E-state index contributed by atoms with van der Waals surface area (Å²) in [6, 6.07) is 7.54. The molecule has 0 aromatic heterocycles. The third-order valence-corrected chi connectivity index (χ3v) is 5.98. The second-order valence-corrected chi connectivity index (χ2v) is 7.80. The topological polar surface area (TPSA) is 20.3 Å². The van der Waals surface area contributed by atoms with Crippen LogP contribution in [0.2, 0.25) is 0 Å². The molecule has 0 radical (unpaired) electrons. The van der Waals surface area contributed by atoms with Crippen LogP contribution in [-0.4, -0.2) is 29.8 Å². The van der Waals surface area contributed by atoms with Crippen LogP contribution in [0, 0.1) is 11.7 Å². The van der Waals surface area contributed by atoms with Crippen LogP contribution in [0.1, 0.15) is 56.9 Å². The zero-order chi connectivity index (χ0) is 15.9. The van der Waals surface area contributed by atoms with Gasteiger partial charge < -0.3 is 0 Å². The molecule has 3 fully saturated rings. The quantitative estimate of drug-likeness (QED) is 0.755. The van der Waals surface area contributed by atoms with E-state index in [1.807, 2.05) is 12.1 Å². The van der Waals surface area contributed by atoms with Gasteiger partial charge in [0.25, 0.3) is 0 Å². The van der Waals surface area contributed by atoms with Gasteiger partial charge in [0.2, 0.25) is 0 Å². The van der Waals surface area contributed by atoms with E-state index in [1.165, 1.54) is 31.7 Å². The zero-order valence-corrected chi connectivity index (χ0v) is 13.8. The number of nitrogens with zero attached hydrogens (tertiary/aromatic N) is 1.